The van der Waals surface area contributed by atoms with E-state index in [-0.39, 0.29) is 61.9 Å². The van der Waals surface area contributed by atoms with Crippen LogP contribution in [0.1, 0.15) is 38.2 Å². The van der Waals surface area contributed by atoms with E-state index >= 15 is 0 Å². The lowest BCUT2D eigenvalue weighted by Crippen LogP contribution is -2.56. The number of sulfone groups is 1. The smallest absolute Gasteiger partial charge is 0.433 e. The molecule has 2 fully saturated rings. The van der Waals surface area contributed by atoms with Gasteiger partial charge in [0.1, 0.15) is 5.54 Å². The van der Waals surface area contributed by atoms with Crippen LogP contribution in [0.2, 0.25) is 15.1 Å². The molecule has 0 bridgehead atoms. The van der Waals surface area contributed by atoms with Crippen molar-refractivity contribution in [3.63, 3.8) is 0 Å². The number of nitrogens with one attached hydrogen (secondary N) is 1. The third-order valence-corrected chi connectivity index (χ3v) is 10.6. The van der Waals surface area contributed by atoms with Crippen molar-refractivity contribution in [2.75, 3.05) is 19.7 Å². The molecule has 2 aromatic rings. The average molecular weight is 659 g/mol. The van der Waals surface area contributed by atoms with Crippen molar-refractivity contribution in [3.05, 3.63) is 63.1 Å². The summed E-state index contributed by atoms with van der Waals surface area (Å²) >= 11 is 18.2. The monoisotopic (exact) mass is 657 g/mol. The van der Waals surface area contributed by atoms with Gasteiger partial charge in [-0.25, -0.2) is 13.2 Å². The Balaban J connectivity index is 1.51. The Hall–Kier alpha value is -2.59. The minimum Gasteiger partial charge on any atom is -0.433 e. The largest absolute Gasteiger partial charge is 0.527 e. The normalized spacial score (nSPS) is 22.2. The first-order valence-corrected chi connectivity index (χ1v) is 16.0. The summed E-state index contributed by atoms with van der Waals surface area (Å²) in [4.78, 5) is 30.4. The number of hydrogen-bond acceptors (Lipinski definition) is 9. The second-order valence-electron chi connectivity index (χ2n) is 10.2. The Labute approximate surface area is 259 Å². The van der Waals surface area contributed by atoms with Gasteiger partial charge in [-0.05, 0) is 68.5 Å². The van der Waals surface area contributed by atoms with E-state index in [0.717, 1.165) is 5.56 Å². The summed E-state index contributed by atoms with van der Waals surface area (Å²) in [5, 5.41) is 14.2. The van der Waals surface area contributed by atoms with Crippen LogP contribution in [0.5, 0.6) is 0 Å². The molecule has 2 aliphatic rings. The van der Waals surface area contributed by atoms with Gasteiger partial charge in [0, 0.05) is 23.1 Å². The van der Waals surface area contributed by atoms with Gasteiger partial charge in [0.05, 0.1) is 46.5 Å². The van der Waals surface area contributed by atoms with E-state index < -0.39 is 44.7 Å². The second-order valence-corrected chi connectivity index (χ2v) is 13.7. The molecule has 2 aromatic carbocycles. The zero-order valence-corrected chi connectivity index (χ0v) is 25.8. The van der Waals surface area contributed by atoms with E-state index in [4.69, 9.17) is 49.1 Å². The quantitative estimate of drug-likeness (QED) is 0.354. The Morgan fingerprint density at radius 1 is 1.07 bits per heavy atom. The van der Waals surface area contributed by atoms with Gasteiger partial charge in [-0.1, -0.05) is 46.9 Å². The summed E-state index contributed by atoms with van der Waals surface area (Å²) in [6.07, 6.45) is -1.22. The topological polar surface area (TPSA) is 135 Å². The zero-order valence-electron chi connectivity index (χ0n) is 22.7. The minimum atomic E-state index is -3.95. The van der Waals surface area contributed by atoms with Crippen molar-refractivity contribution in [1.82, 2.24) is 10.4 Å². The van der Waals surface area contributed by atoms with Crippen LogP contribution in [0, 0.1) is 17.2 Å². The Bertz CT molecular complexity index is 1440. The van der Waals surface area contributed by atoms with Gasteiger partial charge in [-0.3, -0.25) is 4.79 Å². The van der Waals surface area contributed by atoms with Crippen LogP contribution < -0.4 is 5.32 Å². The highest BCUT2D eigenvalue weighted by atomic mass is 35.5. The number of ether oxygens (including phenoxy) is 2. The van der Waals surface area contributed by atoms with Gasteiger partial charge in [0.2, 0.25) is 5.91 Å². The van der Waals surface area contributed by atoms with E-state index in [1.807, 2.05) is 0 Å². The second kappa shape index (κ2) is 13.8. The fourth-order valence-corrected chi connectivity index (χ4v) is 7.85. The zero-order chi connectivity index (χ0) is 30.5. The van der Waals surface area contributed by atoms with E-state index in [2.05, 4.69) is 11.4 Å². The predicted octanol–water partition coefficient (Wildman–Crippen LogP) is 5.35. The van der Waals surface area contributed by atoms with Crippen molar-refractivity contribution in [3.8, 4) is 6.07 Å². The number of hydrogen-bond donors (Lipinski definition) is 1. The number of nitriles is 1. The molecule has 1 aliphatic heterocycles. The average Bonchev–Trinajstić information content (AvgIpc) is 3.39. The summed E-state index contributed by atoms with van der Waals surface area (Å²) in [6.45, 7) is 2.33. The fourth-order valence-electron chi connectivity index (χ4n) is 5.14. The van der Waals surface area contributed by atoms with Crippen LogP contribution in [0.15, 0.2) is 47.4 Å². The summed E-state index contributed by atoms with van der Waals surface area (Å²) < 4.78 is 38.2. The molecule has 1 amide bonds. The lowest BCUT2D eigenvalue weighted by molar-refractivity contribution is -0.147. The molecule has 0 spiro atoms. The maximum atomic E-state index is 13.7. The Morgan fingerprint density at radius 3 is 2.36 bits per heavy atom. The van der Waals surface area contributed by atoms with Crippen molar-refractivity contribution in [2.45, 2.75) is 61.0 Å². The SMILES string of the molecule is CCOC(=O)ON1CCC(C#N)(NC(=O)[C@H]2C[C@H](S(=O)(=O)c3ccc(Cl)cc3Cl)C[C@@H]2OCc2ccc(Cl)cc2)CC1. The molecule has 1 aliphatic carbocycles. The molecular formula is C28H30Cl3N3O7S. The molecule has 226 valence electrons. The molecule has 14 heteroatoms. The van der Waals surface area contributed by atoms with Crippen LogP contribution in [0.4, 0.5) is 4.79 Å². The highest BCUT2D eigenvalue weighted by Crippen LogP contribution is 2.39. The summed E-state index contributed by atoms with van der Waals surface area (Å²) in [6, 6.07) is 13.3. The molecule has 42 heavy (non-hydrogen) atoms. The number of nitrogens with zero attached hydrogens (tertiary/aromatic N) is 2. The number of carbonyl (C=O) groups excluding carboxylic acids is 2. The highest BCUT2D eigenvalue weighted by Gasteiger charge is 2.48. The minimum absolute atomic E-state index is 0.00531. The molecule has 4 rings (SSSR count). The van der Waals surface area contributed by atoms with Crippen LogP contribution in [-0.2, 0) is 35.5 Å². The standard InChI is InChI=1S/C28H30Cl3N3O7S/c1-2-39-27(36)41-34-11-9-28(17-32,10-12-34)33-26(35)22-14-21(42(37,38)25-8-7-20(30)13-23(25)31)15-24(22)40-16-18-3-5-19(29)6-4-18/h3-8,13,21-22,24H,2,9-12,14-16H2,1H3,(H,33,35)/t21-,22-,24-/m0/s1. The molecule has 0 aromatic heterocycles. The van der Waals surface area contributed by atoms with Crippen molar-refractivity contribution in [2.24, 2.45) is 5.92 Å². The lowest BCUT2D eigenvalue weighted by Gasteiger charge is -2.37. The molecule has 1 N–H and O–H groups in total. The lowest BCUT2D eigenvalue weighted by atomic mass is 9.88. The van der Waals surface area contributed by atoms with Gasteiger partial charge >= 0.3 is 6.16 Å². The molecule has 1 saturated carbocycles. The molecular weight excluding hydrogens is 629 g/mol. The summed E-state index contributed by atoms with van der Waals surface area (Å²) in [5.74, 6) is -1.35. The van der Waals surface area contributed by atoms with Gasteiger partial charge < -0.3 is 19.6 Å². The van der Waals surface area contributed by atoms with Crippen molar-refractivity contribution in [1.29, 1.82) is 5.26 Å². The molecule has 0 unspecified atom stereocenters. The summed E-state index contributed by atoms with van der Waals surface area (Å²) in [7, 11) is -3.95. The number of hydroxylamine groups is 2. The number of rotatable bonds is 9. The molecule has 1 saturated heterocycles. The van der Waals surface area contributed by atoms with Gasteiger partial charge in [0.15, 0.2) is 9.84 Å². The third-order valence-electron chi connectivity index (χ3n) is 7.43. The highest BCUT2D eigenvalue weighted by molar-refractivity contribution is 7.92. The number of piperidine rings is 1. The summed E-state index contributed by atoms with van der Waals surface area (Å²) in [5.41, 5.74) is -0.434. The molecule has 10 nitrogen and oxygen atoms in total. The van der Waals surface area contributed by atoms with E-state index in [1.54, 1.807) is 31.2 Å². The first-order valence-electron chi connectivity index (χ1n) is 13.3. The van der Waals surface area contributed by atoms with E-state index in [0.29, 0.717) is 10.0 Å². The van der Waals surface area contributed by atoms with Crippen molar-refractivity contribution >= 4 is 56.7 Å². The van der Waals surface area contributed by atoms with E-state index in [1.165, 1.54) is 23.3 Å². The molecule has 1 heterocycles. The van der Waals surface area contributed by atoms with Crippen LogP contribution >= 0.6 is 34.8 Å². The molecule has 3 atom stereocenters. The third kappa shape index (κ3) is 7.67. The van der Waals surface area contributed by atoms with Crippen LogP contribution in [0.3, 0.4) is 0 Å². The number of amides is 1. The van der Waals surface area contributed by atoms with Crippen LogP contribution in [0.25, 0.3) is 0 Å². The Morgan fingerprint density at radius 2 is 1.74 bits per heavy atom. The van der Waals surface area contributed by atoms with E-state index in [9.17, 15) is 23.3 Å². The number of halogens is 3. The first kappa shape index (κ1) is 32.3. The maximum absolute atomic E-state index is 13.7. The maximum Gasteiger partial charge on any atom is 0.527 e. The van der Waals surface area contributed by atoms with Gasteiger partial charge in [0.25, 0.3) is 0 Å². The van der Waals surface area contributed by atoms with Gasteiger partial charge in [-0.15, -0.1) is 5.06 Å². The first-order chi connectivity index (χ1) is 20.0. The Kier molecular flexibility index (Phi) is 10.6. The van der Waals surface area contributed by atoms with Gasteiger partial charge in [-0.2, -0.15) is 5.26 Å². The molecule has 0 radical (unpaired) electrons. The van der Waals surface area contributed by atoms with Crippen LogP contribution in [-0.4, -0.2) is 62.1 Å². The predicted molar refractivity (Wildman–Crippen MR) is 156 cm³/mol. The van der Waals surface area contributed by atoms with Crippen molar-refractivity contribution < 1.29 is 32.3 Å². The fraction of sp³-hybridized carbons (Fsp3) is 0.464. The number of benzene rings is 2. The number of carbonyl (C=O) groups is 2.